The third kappa shape index (κ3) is 3.01. The second kappa shape index (κ2) is 6.56. The van der Waals surface area contributed by atoms with Crippen LogP contribution in [0.4, 0.5) is 5.69 Å². The van der Waals surface area contributed by atoms with Crippen LogP contribution in [-0.4, -0.2) is 22.3 Å². The molecule has 106 valence electrons. The molecule has 20 heavy (non-hydrogen) atoms. The third-order valence-corrected chi connectivity index (χ3v) is 3.73. The maximum Gasteiger partial charge on any atom is 0.279 e. The second-order valence-corrected chi connectivity index (χ2v) is 4.87. The van der Waals surface area contributed by atoms with E-state index in [1.807, 2.05) is 0 Å². The smallest absolute Gasteiger partial charge is 0.279 e. The van der Waals surface area contributed by atoms with Crippen molar-refractivity contribution in [1.82, 2.24) is 4.98 Å². The van der Waals surface area contributed by atoms with E-state index in [4.69, 9.17) is 4.74 Å². The van der Waals surface area contributed by atoms with Gasteiger partial charge in [0, 0.05) is 18.2 Å². The van der Waals surface area contributed by atoms with E-state index in [0.717, 1.165) is 12.2 Å². The lowest BCUT2D eigenvalue weighted by Gasteiger charge is -2.14. The van der Waals surface area contributed by atoms with Gasteiger partial charge < -0.3 is 4.74 Å². The highest BCUT2D eigenvalue weighted by atomic mass is 32.1. The maximum absolute atomic E-state index is 11.0. The molecular formula is C14H16N2O3S. The van der Waals surface area contributed by atoms with Gasteiger partial charge in [-0.3, -0.25) is 15.1 Å². The van der Waals surface area contributed by atoms with Gasteiger partial charge in [-0.15, -0.1) is 0 Å². The lowest BCUT2D eigenvalue weighted by Crippen LogP contribution is -2.13. The van der Waals surface area contributed by atoms with Gasteiger partial charge in [-0.05, 0) is 30.4 Å². The molecule has 0 N–H and O–H groups in total. The number of ether oxygens (including phenoxy) is 1. The summed E-state index contributed by atoms with van der Waals surface area (Å²) in [5, 5.41) is 11.5. The summed E-state index contributed by atoms with van der Waals surface area (Å²) >= 11 is 4.27. The molecular weight excluding hydrogens is 276 g/mol. The van der Waals surface area contributed by atoms with E-state index >= 15 is 0 Å². The first-order chi connectivity index (χ1) is 9.67. The predicted molar refractivity (Wildman–Crippen MR) is 81.5 cm³/mol. The molecule has 0 bridgehead atoms. The first-order valence-electron chi connectivity index (χ1n) is 6.43. The van der Waals surface area contributed by atoms with Crippen LogP contribution < -0.4 is 4.74 Å². The minimum atomic E-state index is -0.406. The molecule has 0 aliphatic heterocycles. The highest BCUT2D eigenvalue weighted by Crippen LogP contribution is 2.31. The molecule has 5 nitrogen and oxygen atoms in total. The Balaban J connectivity index is 2.36. The fourth-order valence-corrected chi connectivity index (χ4v) is 2.28. The fourth-order valence-electron chi connectivity index (χ4n) is 1.91. The Morgan fingerprint density at radius 1 is 1.45 bits per heavy atom. The van der Waals surface area contributed by atoms with E-state index in [-0.39, 0.29) is 5.69 Å². The number of thiol groups is 1. The molecule has 0 spiro atoms. The maximum atomic E-state index is 11.0. The molecule has 0 saturated carbocycles. The predicted octanol–water partition coefficient (Wildman–Crippen LogP) is 3.48. The molecule has 0 fully saturated rings. The van der Waals surface area contributed by atoms with Gasteiger partial charge in [0.05, 0.1) is 16.9 Å². The Morgan fingerprint density at radius 2 is 2.25 bits per heavy atom. The van der Waals surface area contributed by atoms with E-state index in [0.29, 0.717) is 29.2 Å². The van der Waals surface area contributed by atoms with Crippen LogP contribution in [0.25, 0.3) is 10.9 Å². The normalized spacial score (nSPS) is 12.3. The number of aromatic nitrogens is 1. The number of hydrogen-bond donors (Lipinski definition) is 1. The number of pyridine rings is 1. The summed E-state index contributed by atoms with van der Waals surface area (Å²) < 4.78 is 5.76. The Labute approximate surface area is 122 Å². The number of hydrogen-bond acceptors (Lipinski definition) is 5. The van der Waals surface area contributed by atoms with Crippen LogP contribution in [-0.2, 0) is 0 Å². The van der Waals surface area contributed by atoms with Crippen molar-refractivity contribution < 1.29 is 9.66 Å². The van der Waals surface area contributed by atoms with Crippen LogP contribution in [0, 0.1) is 16.0 Å². The first-order valence-corrected chi connectivity index (χ1v) is 7.06. The van der Waals surface area contributed by atoms with Gasteiger partial charge in [0.15, 0.2) is 0 Å². The van der Waals surface area contributed by atoms with E-state index in [9.17, 15) is 10.1 Å². The molecule has 1 atom stereocenters. The van der Waals surface area contributed by atoms with Crippen LogP contribution in [0.3, 0.4) is 0 Å². The number of non-ortho nitro benzene ring substituents is 1. The summed E-state index contributed by atoms with van der Waals surface area (Å²) in [6, 6.07) is 6.44. The van der Waals surface area contributed by atoms with Crippen molar-refractivity contribution in [1.29, 1.82) is 0 Å². The van der Waals surface area contributed by atoms with Crippen molar-refractivity contribution in [2.45, 2.75) is 13.3 Å². The summed E-state index contributed by atoms with van der Waals surface area (Å²) in [6.45, 7) is 2.61. The quantitative estimate of drug-likeness (QED) is 0.503. The van der Waals surface area contributed by atoms with E-state index in [1.54, 1.807) is 24.4 Å². The number of rotatable bonds is 6. The van der Waals surface area contributed by atoms with Gasteiger partial charge in [0.2, 0.25) is 0 Å². The molecule has 2 rings (SSSR count). The molecule has 0 amide bonds. The Kier molecular flexibility index (Phi) is 4.79. The minimum Gasteiger partial charge on any atom is -0.491 e. The topological polar surface area (TPSA) is 65.3 Å². The Hall–Kier alpha value is -1.82. The summed E-state index contributed by atoms with van der Waals surface area (Å²) in [4.78, 5) is 14.8. The number of fused-ring (bicyclic) bond motifs is 1. The molecule has 1 unspecified atom stereocenters. The first kappa shape index (κ1) is 14.6. The van der Waals surface area contributed by atoms with Gasteiger partial charge in [-0.25, -0.2) is 0 Å². The molecule has 0 radical (unpaired) electrons. The molecule has 1 aromatic carbocycles. The third-order valence-electron chi connectivity index (χ3n) is 3.22. The lowest BCUT2D eigenvalue weighted by atomic mass is 10.1. The van der Waals surface area contributed by atoms with Crippen LogP contribution >= 0.6 is 12.6 Å². The molecule has 0 aliphatic rings. The van der Waals surface area contributed by atoms with E-state index < -0.39 is 4.92 Å². The van der Waals surface area contributed by atoms with Crippen molar-refractivity contribution in [3.8, 4) is 5.75 Å². The standard InChI is InChI=1S/C14H16N2O3S/c1-2-10(9-20)8-19-13-6-5-12(16(17)18)11-4-3-7-15-14(11)13/h3-7,10,20H,2,8-9H2,1H3. The zero-order chi connectivity index (χ0) is 14.5. The lowest BCUT2D eigenvalue weighted by molar-refractivity contribution is -0.383. The van der Waals surface area contributed by atoms with E-state index in [1.165, 1.54) is 6.07 Å². The van der Waals surface area contributed by atoms with Gasteiger partial charge in [0.25, 0.3) is 5.69 Å². The van der Waals surface area contributed by atoms with Gasteiger partial charge >= 0.3 is 0 Å². The van der Waals surface area contributed by atoms with Gasteiger partial charge in [-0.2, -0.15) is 12.6 Å². The zero-order valence-electron chi connectivity index (χ0n) is 11.2. The summed E-state index contributed by atoms with van der Waals surface area (Å²) in [5.74, 6) is 1.67. The van der Waals surface area contributed by atoms with Crippen LogP contribution in [0.2, 0.25) is 0 Å². The minimum absolute atomic E-state index is 0.0432. The molecule has 0 aliphatic carbocycles. The van der Waals surface area contributed by atoms with Gasteiger partial charge in [-0.1, -0.05) is 6.92 Å². The summed E-state index contributed by atoms with van der Waals surface area (Å²) in [7, 11) is 0. The largest absolute Gasteiger partial charge is 0.491 e. The highest BCUT2D eigenvalue weighted by molar-refractivity contribution is 7.80. The monoisotopic (exact) mass is 292 g/mol. The molecule has 6 heteroatoms. The van der Waals surface area contributed by atoms with E-state index in [2.05, 4.69) is 24.5 Å². The zero-order valence-corrected chi connectivity index (χ0v) is 12.0. The van der Waals surface area contributed by atoms with Crippen molar-refractivity contribution >= 4 is 29.2 Å². The summed E-state index contributed by atoms with van der Waals surface area (Å²) in [5.41, 5.74) is 0.567. The van der Waals surface area contributed by atoms with Crippen molar-refractivity contribution in [3.63, 3.8) is 0 Å². The molecule has 0 saturated heterocycles. The van der Waals surface area contributed by atoms with Crippen LogP contribution in [0.5, 0.6) is 5.75 Å². The molecule has 2 aromatic rings. The van der Waals surface area contributed by atoms with Crippen LogP contribution in [0.15, 0.2) is 30.5 Å². The number of nitrogens with zero attached hydrogens (tertiary/aromatic N) is 2. The van der Waals surface area contributed by atoms with Crippen LogP contribution in [0.1, 0.15) is 13.3 Å². The molecule has 1 heterocycles. The number of nitro groups is 1. The van der Waals surface area contributed by atoms with Gasteiger partial charge in [0.1, 0.15) is 11.3 Å². The average molecular weight is 292 g/mol. The fraction of sp³-hybridized carbons (Fsp3) is 0.357. The highest BCUT2D eigenvalue weighted by Gasteiger charge is 2.16. The molecule has 1 aromatic heterocycles. The summed E-state index contributed by atoms with van der Waals surface area (Å²) in [6.07, 6.45) is 2.58. The number of benzene rings is 1. The Bertz CT molecular complexity index is 614. The number of nitro benzene ring substituents is 1. The second-order valence-electron chi connectivity index (χ2n) is 4.51. The van der Waals surface area contributed by atoms with Crippen molar-refractivity contribution in [2.24, 2.45) is 5.92 Å². The SMILES string of the molecule is CCC(CS)COc1ccc([N+](=O)[O-])c2cccnc12. The average Bonchev–Trinajstić information content (AvgIpc) is 2.47. The van der Waals surface area contributed by atoms with Crippen molar-refractivity contribution in [2.75, 3.05) is 12.4 Å². The Morgan fingerprint density at radius 3 is 2.90 bits per heavy atom. The van der Waals surface area contributed by atoms with Crippen molar-refractivity contribution in [3.05, 3.63) is 40.6 Å².